The minimum Gasteiger partial charge on any atom is -0.353 e. The van der Waals surface area contributed by atoms with Crippen LogP contribution in [0.1, 0.15) is 30.8 Å². The monoisotopic (exact) mass is 372 g/mol. The molecular weight excluding hydrogens is 350 g/mol. The van der Waals surface area contributed by atoms with Gasteiger partial charge in [0.2, 0.25) is 0 Å². The number of aromatic nitrogens is 4. The van der Waals surface area contributed by atoms with E-state index in [1.165, 1.54) is 6.07 Å². The van der Waals surface area contributed by atoms with Gasteiger partial charge in [0.25, 0.3) is 0 Å². The highest BCUT2D eigenvalue weighted by Crippen LogP contribution is 2.28. The van der Waals surface area contributed by atoms with E-state index in [1.54, 1.807) is 10.6 Å². The lowest BCUT2D eigenvalue weighted by Crippen LogP contribution is -2.48. The molecule has 0 bridgehead atoms. The summed E-state index contributed by atoms with van der Waals surface area (Å²) in [7, 11) is 0. The number of fused-ring (bicyclic) bond motifs is 1. The zero-order chi connectivity index (χ0) is 19.0. The van der Waals surface area contributed by atoms with Crippen molar-refractivity contribution in [3.05, 3.63) is 53.4 Å². The van der Waals surface area contributed by atoms with Crippen LogP contribution in [0.15, 0.2) is 30.3 Å². The van der Waals surface area contributed by atoms with E-state index >= 15 is 0 Å². The Balaban J connectivity index is 1.49. The summed E-state index contributed by atoms with van der Waals surface area (Å²) in [5.41, 5.74) is 1.29. The van der Waals surface area contributed by atoms with Crippen LogP contribution in [0.3, 0.4) is 0 Å². The fraction of sp³-hybridized carbons (Fsp3) is 0.421. The number of benzene rings is 1. The van der Waals surface area contributed by atoms with Gasteiger partial charge in [-0.05, 0) is 31.5 Å². The molecule has 1 aliphatic heterocycles. The molecule has 142 valence electrons. The summed E-state index contributed by atoms with van der Waals surface area (Å²) in [4.78, 5) is 4.47. The van der Waals surface area contributed by atoms with Gasteiger partial charge in [-0.1, -0.05) is 13.0 Å². The third-order valence-electron chi connectivity index (χ3n) is 5.19. The minimum atomic E-state index is -0.540. The van der Waals surface area contributed by atoms with Gasteiger partial charge in [-0.3, -0.25) is 4.90 Å². The Labute approximate surface area is 156 Å². The van der Waals surface area contributed by atoms with Gasteiger partial charge in [0.1, 0.15) is 17.5 Å². The predicted molar refractivity (Wildman–Crippen MR) is 98.7 cm³/mol. The molecule has 1 atom stereocenters. The summed E-state index contributed by atoms with van der Waals surface area (Å²) in [6, 6.07) is 7.68. The molecule has 6 nitrogen and oxygen atoms in total. The van der Waals surface area contributed by atoms with Crippen molar-refractivity contribution in [2.45, 2.75) is 26.3 Å². The maximum absolute atomic E-state index is 14.2. The Morgan fingerprint density at radius 2 is 1.81 bits per heavy atom. The van der Waals surface area contributed by atoms with E-state index in [2.05, 4.69) is 25.1 Å². The fourth-order valence-electron chi connectivity index (χ4n) is 3.76. The Morgan fingerprint density at radius 3 is 2.52 bits per heavy atom. The molecular formula is C19H22F2N6. The van der Waals surface area contributed by atoms with Crippen LogP contribution in [-0.4, -0.2) is 50.9 Å². The van der Waals surface area contributed by atoms with Crippen LogP contribution in [0, 0.1) is 18.6 Å². The summed E-state index contributed by atoms with van der Waals surface area (Å²) in [6.45, 7) is 7.06. The molecule has 1 saturated heterocycles. The average molecular weight is 372 g/mol. The maximum Gasteiger partial charge on any atom is 0.178 e. The average Bonchev–Trinajstić information content (AvgIpc) is 3.05. The largest absolute Gasteiger partial charge is 0.353 e. The number of nitrogens with zero attached hydrogens (tertiary/aromatic N) is 6. The van der Waals surface area contributed by atoms with E-state index in [0.717, 1.165) is 56.0 Å². The van der Waals surface area contributed by atoms with Gasteiger partial charge < -0.3 is 4.90 Å². The van der Waals surface area contributed by atoms with Crippen LogP contribution in [0.4, 0.5) is 14.6 Å². The Bertz CT molecular complexity index is 949. The summed E-state index contributed by atoms with van der Waals surface area (Å²) >= 11 is 0. The first-order valence-electron chi connectivity index (χ1n) is 9.20. The lowest BCUT2D eigenvalue weighted by atomic mass is 10.0. The summed E-state index contributed by atoms with van der Waals surface area (Å²) in [6.07, 6.45) is 0.770. The smallest absolute Gasteiger partial charge is 0.178 e. The van der Waals surface area contributed by atoms with Crippen molar-refractivity contribution >= 4 is 11.5 Å². The maximum atomic E-state index is 14.2. The SMILES string of the molecule is CCC(c1ccc(F)cc1F)N1CCN(c2ccc3nnc(C)n3n2)CC1. The molecule has 3 heterocycles. The highest BCUT2D eigenvalue weighted by molar-refractivity contribution is 5.46. The molecule has 4 rings (SSSR count). The van der Waals surface area contributed by atoms with Crippen molar-refractivity contribution in [3.8, 4) is 0 Å². The minimum absolute atomic E-state index is 0.0525. The molecule has 1 aliphatic rings. The molecule has 0 amide bonds. The van der Waals surface area contributed by atoms with Crippen LogP contribution >= 0.6 is 0 Å². The molecule has 1 aromatic carbocycles. The molecule has 0 aliphatic carbocycles. The lowest BCUT2D eigenvalue weighted by molar-refractivity contribution is 0.177. The molecule has 27 heavy (non-hydrogen) atoms. The van der Waals surface area contributed by atoms with Crippen molar-refractivity contribution in [3.63, 3.8) is 0 Å². The van der Waals surface area contributed by atoms with Crippen molar-refractivity contribution in [1.29, 1.82) is 0 Å². The van der Waals surface area contributed by atoms with Crippen molar-refractivity contribution in [2.75, 3.05) is 31.1 Å². The fourth-order valence-corrected chi connectivity index (χ4v) is 3.76. The molecule has 0 N–H and O–H groups in total. The van der Waals surface area contributed by atoms with Gasteiger partial charge in [0.05, 0.1) is 0 Å². The second kappa shape index (κ2) is 7.19. The molecule has 0 saturated carbocycles. The van der Waals surface area contributed by atoms with Crippen molar-refractivity contribution in [1.82, 2.24) is 24.7 Å². The van der Waals surface area contributed by atoms with Crippen LogP contribution in [0.2, 0.25) is 0 Å². The van der Waals surface area contributed by atoms with E-state index < -0.39 is 11.6 Å². The highest BCUT2D eigenvalue weighted by atomic mass is 19.1. The van der Waals surface area contributed by atoms with E-state index in [4.69, 9.17) is 0 Å². The van der Waals surface area contributed by atoms with Crippen LogP contribution in [0.25, 0.3) is 5.65 Å². The quantitative estimate of drug-likeness (QED) is 0.705. The van der Waals surface area contributed by atoms with E-state index in [9.17, 15) is 8.78 Å². The predicted octanol–water partition coefficient (Wildman–Crippen LogP) is 2.98. The van der Waals surface area contributed by atoms with Crippen LogP contribution in [-0.2, 0) is 0 Å². The van der Waals surface area contributed by atoms with E-state index in [0.29, 0.717) is 5.56 Å². The van der Waals surface area contributed by atoms with Crippen LogP contribution in [0.5, 0.6) is 0 Å². The topological polar surface area (TPSA) is 49.6 Å². The Morgan fingerprint density at radius 1 is 1.04 bits per heavy atom. The molecule has 2 aromatic heterocycles. The van der Waals surface area contributed by atoms with Crippen molar-refractivity contribution in [2.24, 2.45) is 0 Å². The van der Waals surface area contributed by atoms with Gasteiger partial charge in [0, 0.05) is 43.9 Å². The molecule has 3 aromatic rings. The molecule has 1 unspecified atom stereocenters. The first-order valence-corrected chi connectivity index (χ1v) is 9.20. The lowest BCUT2D eigenvalue weighted by Gasteiger charge is -2.39. The van der Waals surface area contributed by atoms with Gasteiger partial charge in [0.15, 0.2) is 11.5 Å². The number of piperazine rings is 1. The number of anilines is 1. The number of rotatable bonds is 4. The van der Waals surface area contributed by atoms with Crippen molar-refractivity contribution < 1.29 is 8.78 Å². The van der Waals surface area contributed by atoms with Crippen LogP contribution < -0.4 is 4.90 Å². The first-order chi connectivity index (χ1) is 13.1. The number of aryl methyl sites for hydroxylation is 1. The molecule has 8 heteroatoms. The zero-order valence-electron chi connectivity index (χ0n) is 15.4. The van der Waals surface area contributed by atoms with Gasteiger partial charge >= 0.3 is 0 Å². The Kier molecular flexibility index (Phi) is 4.73. The summed E-state index contributed by atoms with van der Waals surface area (Å²) in [5.74, 6) is 0.621. The van der Waals surface area contributed by atoms with E-state index in [-0.39, 0.29) is 6.04 Å². The molecule has 1 fully saturated rings. The molecule has 0 spiro atoms. The van der Waals surface area contributed by atoms with Gasteiger partial charge in [-0.25, -0.2) is 8.78 Å². The second-order valence-electron chi connectivity index (χ2n) is 6.82. The second-order valence-corrected chi connectivity index (χ2v) is 6.82. The summed E-state index contributed by atoms with van der Waals surface area (Å²) < 4.78 is 29.2. The standard InChI is InChI=1S/C19H22F2N6/c1-3-17(15-5-4-14(20)12-16(15)21)25-8-10-26(11-9-25)19-7-6-18-23-22-13(2)27(18)24-19/h4-7,12,17H,3,8-11H2,1-2H3. The van der Waals surface area contributed by atoms with E-state index in [1.807, 2.05) is 26.0 Å². The van der Waals surface area contributed by atoms with Gasteiger partial charge in [-0.15, -0.1) is 15.3 Å². The molecule has 0 radical (unpaired) electrons. The first kappa shape index (κ1) is 17.8. The zero-order valence-corrected chi connectivity index (χ0v) is 15.4. The normalized spacial score (nSPS) is 16.8. The number of hydrogen-bond donors (Lipinski definition) is 0. The summed E-state index contributed by atoms with van der Waals surface area (Å²) in [5, 5.41) is 12.7. The Hall–Kier alpha value is -2.61. The third-order valence-corrected chi connectivity index (χ3v) is 5.19. The highest BCUT2D eigenvalue weighted by Gasteiger charge is 2.26. The number of halogens is 2. The van der Waals surface area contributed by atoms with Gasteiger partial charge in [-0.2, -0.15) is 4.52 Å². The third kappa shape index (κ3) is 3.37. The number of hydrogen-bond acceptors (Lipinski definition) is 5.